The van der Waals surface area contributed by atoms with Gasteiger partial charge in [0.25, 0.3) is 0 Å². The predicted octanol–water partition coefficient (Wildman–Crippen LogP) is 4.13. The Morgan fingerprint density at radius 2 is 0.385 bits per heavy atom. The molecule has 0 N–H and O–H groups in total. The average molecular weight is 262 g/mol. The van der Waals surface area contributed by atoms with Crippen LogP contribution in [-0.2, 0) is 0 Å². The van der Waals surface area contributed by atoms with Gasteiger partial charge in [-0.2, -0.15) is 9.90 Å². The van der Waals surface area contributed by atoms with Gasteiger partial charge in [0.15, 0.2) is 0 Å². The Hall–Kier alpha value is 1.72. The molecule has 0 radical (unpaired) electrons. The summed E-state index contributed by atoms with van der Waals surface area (Å²) in [7, 11) is 1.14. The summed E-state index contributed by atoms with van der Waals surface area (Å²) in [4.78, 5) is 0. The highest BCUT2D eigenvalue weighted by Gasteiger charge is 1.66. The first kappa shape index (κ1) is 24.1. The van der Waals surface area contributed by atoms with Gasteiger partial charge in [-0.1, -0.05) is 0 Å². The van der Waals surface area contributed by atoms with Crippen LogP contribution in [0.2, 0.25) is 0 Å². The van der Waals surface area contributed by atoms with E-state index in [0.717, 1.165) is 0 Å². The van der Waals surface area contributed by atoms with Crippen LogP contribution in [0, 0.1) is 0 Å². The van der Waals surface area contributed by atoms with Crippen molar-refractivity contribution in [2.75, 3.05) is 60.0 Å². The molecule has 0 saturated carbocycles. The van der Waals surface area contributed by atoms with Gasteiger partial charge < -0.3 is 0 Å². The van der Waals surface area contributed by atoms with Crippen molar-refractivity contribution in [3.63, 3.8) is 0 Å². The van der Waals surface area contributed by atoms with Gasteiger partial charge in [0.2, 0.25) is 0 Å². The fourth-order valence-electron chi connectivity index (χ4n) is 0. The lowest BCUT2D eigenvalue weighted by atomic mass is 11.9. The zero-order chi connectivity index (χ0) is 10.7. The monoisotopic (exact) mass is 262 g/mol. The number of hydrogen-bond acceptors (Lipinski definition) is 0. The second-order valence-corrected chi connectivity index (χ2v) is 12.1. The maximum atomic E-state index is 2.23. The minimum Gasteiger partial charge on any atom is -0.153 e. The van der Waals surface area contributed by atoms with Gasteiger partial charge >= 0.3 is 0 Å². The molecule has 0 aromatic heterocycles. The first-order valence-corrected chi connectivity index (χ1v) is 12.1. The molecule has 0 aromatic rings. The molecule has 0 nitrogen and oxygen atoms in total. The lowest BCUT2D eigenvalue weighted by Crippen LogP contribution is -1.48. The van der Waals surface area contributed by atoms with E-state index in [1.54, 1.807) is 0 Å². The maximum absolute atomic E-state index is 2.23. The third-order valence-electron chi connectivity index (χ3n) is 0. The lowest BCUT2D eigenvalue weighted by molar-refractivity contribution is 2.13. The Bertz CT molecular complexity index is 40.1. The SMILES string of the molecule is CP(C)C.CP(C)C.CP(C)C.P. The van der Waals surface area contributed by atoms with Crippen molar-refractivity contribution in [3.05, 3.63) is 0 Å². The third-order valence-corrected chi connectivity index (χ3v) is 0. The van der Waals surface area contributed by atoms with Gasteiger partial charge in [-0.3, -0.25) is 0 Å². The van der Waals surface area contributed by atoms with Gasteiger partial charge in [0.1, 0.15) is 0 Å². The van der Waals surface area contributed by atoms with Gasteiger partial charge in [0, 0.05) is 0 Å². The molecule has 0 fully saturated rings. The largest absolute Gasteiger partial charge is 0.153 e. The predicted molar refractivity (Wildman–Crippen MR) is 85.2 cm³/mol. The molecular weight excluding hydrogens is 232 g/mol. The van der Waals surface area contributed by atoms with Gasteiger partial charge in [-0.25, -0.2) is 0 Å². The minimum absolute atomic E-state index is 0. The van der Waals surface area contributed by atoms with E-state index in [-0.39, 0.29) is 9.90 Å². The second kappa shape index (κ2) is 19.3. The Kier molecular flexibility index (Phi) is 35.8. The summed E-state index contributed by atoms with van der Waals surface area (Å²) < 4.78 is 0. The summed E-state index contributed by atoms with van der Waals surface area (Å²) >= 11 is 0. The maximum Gasteiger partial charge on any atom is -0.0449 e. The third kappa shape index (κ3) is 637. The van der Waals surface area contributed by atoms with E-state index in [9.17, 15) is 0 Å². The highest BCUT2D eigenvalue weighted by molar-refractivity contribution is 7.55. The lowest BCUT2D eigenvalue weighted by Gasteiger charge is -1.81. The molecule has 1 unspecified atom stereocenters. The molecule has 0 aliphatic carbocycles. The van der Waals surface area contributed by atoms with Crippen LogP contribution in [0.3, 0.4) is 0 Å². The highest BCUT2D eigenvalue weighted by Crippen LogP contribution is 2.15. The fourth-order valence-corrected chi connectivity index (χ4v) is 0. The number of hydrogen-bond donors (Lipinski definition) is 0. The van der Waals surface area contributed by atoms with E-state index in [1.807, 2.05) is 0 Å². The first-order valence-electron chi connectivity index (χ1n) is 4.02. The summed E-state index contributed by atoms with van der Waals surface area (Å²) in [6.45, 7) is 20.1. The van der Waals surface area contributed by atoms with E-state index in [1.165, 1.54) is 0 Å². The normalized spacial score (nSPS) is 8.31. The van der Waals surface area contributed by atoms with E-state index in [4.69, 9.17) is 0 Å². The molecule has 86 valence electrons. The summed E-state index contributed by atoms with van der Waals surface area (Å²) in [5, 5.41) is 0. The molecule has 4 heteroatoms. The van der Waals surface area contributed by atoms with Crippen molar-refractivity contribution in [2.24, 2.45) is 0 Å². The van der Waals surface area contributed by atoms with Crippen LogP contribution in [0.4, 0.5) is 0 Å². The van der Waals surface area contributed by atoms with E-state index < -0.39 is 0 Å². The Balaban J connectivity index is -0.0000000450. The minimum atomic E-state index is 0. The fraction of sp³-hybridized carbons (Fsp3) is 1.00. The molecule has 0 aliphatic heterocycles. The molecular formula is C9H30P4. The van der Waals surface area contributed by atoms with Crippen molar-refractivity contribution >= 4 is 33.7 Å². The van der Waals surface area contributed by atoms with Crippen LogP contribution in [0.15, 0.2) is 0 Å². The van der Waals surface area contributed by atoms with Gasteiger partial charge in [-0.15, -0.1) is 23.8 Å². The van der Waals surface area contributed by atoms with Crippen molar-refractivity contribution in [1.29, 1.82) is 0 Å². The van der Waals surface area contributed by atoms with E-state index in [0.29, 0.717) is 23.8 Å². The van der Waals surface area contributed by atoms with Crippen LogP contribution >= 0.6 is 33.7 Å². The summed E-state index contributed by atoms with van der Waals surface area (Å²) in [5.74, 6) is 0. The van der Waals surface area contributed by atoms with Crippen LogP contribution in [-0.4, -0.2) is 60.0 Å². The van der Waals surface area contributed by atoms with Gasteiger partial charge in [-0.05, 0) is 60.0 Å². The molecule has 0 aromatic carbocycles. The molecule has 0 heterocycles. The first-order chi connectivity index (χ1) is 5.20. The molecule has 0 rings (SSSR count). The zero-order valence-electron chi connectivity index (χ0n) is 11.0. The molecule has 0 aliphatic rings. The molecule has 1 atom stereocenters. The van der Waals surface area contributed by atoms with Gasteiger partial charge in [0.05, 0.1) is 0 Å². The molecule has 0 spiro atoms. The summed E-state index contributed by atoms with van der Waals surface area (Å²) in [6, 6.07) is 0. The second-order valence-electron chi connectivity index (χ2n) is 4.02. The zero-order valence-corrected chi connectivity index (χ0v) is 15.1. The molecule has 13 heavy (non-hydrogen) atoms. The number of rotatable bonds is 0. The summed E-state index contributed by atoms with van der Waals surface area (Å²) in [5.41, 5.74) is 0. The topological polar surface area (TPSA) is 0 Å². The van der Waals surface area contributed by atoms with E-state index >= 15 is 0 Å². The van der Waals surface area contributed by atoms with Crippen molar-refractivity contribution in [1.82, 2.24) is 0 Å². The van der Waals surface area contributed by atoms with Crippen molar-refractivity contribution in [3.8, 4) is 0 Å². The molecule has 0 amide bonds. The van der Waals surface area contributed by atoms with Crippen molar-refractivity contribution in [2.45, 2.75) is 0 Å². The van der Waals surface area contributed by atoms with Crippen LogP contribution in [0.1, 0.15) is 0 Å². The Labute approximate surface area is 93.9 Å². The molecule has 0 saturated heterocycles. The smallest absolute Gasteiger partial charge is 0.0449 e. The Morgan fingerprint density at radius 3 is 0.385 bits per heavy atom. The highest BCUT2D eigenvalue weighted by atomic mass is 31.1. The van der Waals surface area contributed by atoms with Crippen LogP contribution in [0.5, 0.6) is 0 Å². The van der Waals surface area contributed by atoms with Crippen molar-refractivity contribution < 1.29 is 0 Å². The standard InChI is InChI=1S/3C3H9P.H3P/c3*1-4(2)3;/h3*1-3H3;1H3. The average Bonchev–Trinajstić information content (AvgIpc) is 1.54. The quantitative estimate of drug-likeness (QED) is 0.576. The summed E-state index contributed by atoms with van der Waals surface area (Å²) in [6.07, 6.45) is 0. The van der Waals surface area contributed by atoms with Crippen LogP contribution in [0.25, 0.3) is 0 Å². The van der Waals surface area contributed by atoms with Crippen LogP contribution < -0.4 is 0 Å². The van der Waals surface area contributed by atoms with E-state index in [2.05, 4.69) is 60.0 Å². The Morgan fingerprint density at radius 1 is 0.385 bits per heavy atom. The molecule has 0 bridgehead atoms.